The molecule has 2 heterocycles. The summed E-state index contributed by atoms with van der Waals surface area (Å²) >= 11 is 0. The van der Waals surface area contributed by atoms with Gasteiger partial charge in [-0.15, -0.1) is 0 Å². The van der Waals surface area contributed by atoms with Gasteiger partial charge in [0, 0.05) is 56.8 Å². The third-order valence-electron chi connectivity index (χ3n) is 9.39. The number of aliphatic imine (C=N–C) groups is 1. The molecule has 0 saturated heterocycles. The molecule has 1 aromatic heterocycles. The van der Waals surface area contributed by atoms with Crippen molar-refractivity contribution in [2.45, 2.75) is 82.2 Å². The Morgan fingerprint density at radius 1 is 1.12 bits per heavy atom. The highest BCUT2D eigenvalue weighted by atomic mass is 19.3. The first kappa shape index (κ1) is 31.7. The molecule has 0 bridgehead atoms. The molecule has 0 unspecified atom stereocenters. The van der Waals surface area contributed by atoms with E-state index in [-0.39, 0.29) is 43.6 Å². The Kier molecular flexibility index (Phi) is 11.3. The fourth-order valence-electron chi connectivity index (χ4n) is 6.92. The molecule has 2 atom stereocenters. The zero-order valence-electron chi connectivity index (χ0n) is 25.4. The third-order valence-corrected chi connectivity index (χ3v) is 9.39. The van der Waals surface area contributed by atoms with Crippen LogP contribution < -0.4 is 11.1 Å². The number of hydrogen-bond donors (Lipinski definition) is 2. The van der Waals surface area contributed by atoms with Gasteiger partial charge in [-0.3, -0.25) is 24.6 Å². The molecule has 2 aromatic rings. The standard InChI is InChI=1S/C34H48F2N6O/c35-34(36)16-13-28(14-17-34)33(43)40-30(26-8-2-1-3-9-26)15-22-41-23-20-38-29(24-41)25-42(21-5-4-18-37)31-12-6-10-27-11-7-19-39-32(27)31/h1-3,7-9,11,19,28,30-31H,4-6,10,12-18,20-25,37H2,(H,40,43)/t30-,31-/m0/s1. The minimum absolute atomic E-state index is 0.0975. The SMILES string of the molecule is NCCCCN(CC1=NCCN(CC[C@H](NC(=O)C2CCC(F)(F)CC2)c2ccccc2)C1)[C@H]1CCCc2cccnc21. The Balaban J connectivity index is 1.20. The highest BCUT2D eigenvalue weighted by Gasteiger charge is 2.38. The van der Waals surface area contributed by atoms with Crippen molar-refractivity contribution >= 4 is 11.6 Å². The second-order valence-corrected chi connectivity index (χ2v) is 12.5. The number of nitrogens with two attached hydrogens (primary N) is 1. The number of halogens is 2. The average molecular weight is 595 g/mol. The molecule has 3 N–H and O–H groups in total. The smallest absolute Gasteiger partial charge is 0.248 e. The van der Waals surface area contributed by atoms with E-state index in [0.717, 1.165) is 76.9 Å². The first-order valence-electron chi connectivity index (χ1n) is 16.3. The van der Waals surface area contributed by atoms with E-state index in [1.807, 2.05) is 42.6 Å². The number of fused-ring (bicyclic) bond motifs is 1. The van der Waals surface area contributed by atoms with E-state index in [1.165, 1.54) is 23.4 Å². The van der Waals surface area contributed by atoms with Gasteiger partial charge in [0.05, 0.1) is 24.3 Å². The number of aromatic nitrogens is 1. The van der Waals surface area contributed by atoms with Crippen molar-refractivity contribution in [3.63, 3.8) is 0 Å². The molecule has 43 heavy (non-hydrogen) atoms. The molecule has 1 saturated carbocycles. The number of amides is 1. The monoisotopic (exact) mass is 594 g/mol. The first-order valence-corrected chi connectivity index (χ1v) is 16.3. The number of benzene rings is 1. The third kappa shape index (κ3) is 8.89. The average Bonchev–Trinajstić information content (AvgIpc) is 3.03. The van der Waals surface area contributed by atoms with Gasteiger partial charge in [0.25, 0.3) is 0 Å². The van der Waals surface area contributed by atoms with Crippen molar-refractivity contribution < 1.29 is 13.6 Å². The lowest BCUT2D eigenvalue weighted by molar-refractivity contribution is -0.130. The van der Waals surface area contributed by atoms with E-state index in [2.05, 4.69) is 21.2 Å². The van der Waals surface area contributed by atoms with Crippen molar-refractivity contribution in [2.24, 2.45) is 16.6 Å². The van der Waals surface area contributed by atoms with Gasteiger partial charge in [-0.1, -0.05) is 36.4 Å². The molecule has 1 aromatic carbocycles. The zero-order chi connectivity index (χ0) is 30.1. The Labute approximate surface area is 255 Å². The lowest BCUT2D eigenvalue weighted by Gasteiger charge is -2.37. The highest BCUT2D eigenvalue weighted by Crippen LogP contribution is 2.37. The van der Waals surface area contributed by atoms with Crippen LogP contribution in [0.1, 0.15) is 86.7 Å². The Bertz CT molecular complexity index is 1200. The summed E-state index contributed by atoms with van der Waals surface area (Å²) in [6.45, 7) is 5.79. The largest absolute Gasteiger partial charge is 0.349 e. The number of carbonyl (C=O) groups is 1. The van der Waals surface area contributed by atoms with Gasteiger partial charge in [-0.25, -0.2) is 8.78 Å². The molecule has 1 aliphatic heterocycles. The van der Waals surface area contributed by atoms with E-state index >= 15 is 0 Å². The van der Waals surface area contributed by atoms with E-state index in [9.17, 15) is 13.6 Å². The van der Waals surface area contributed by atoms with Crippen molar-refractivity contribution in [2.75, 3.05) is 45.8 Å². The molecule has 5 rings (SSSR count). The van der Waals surface area contributed by atoms with Gasteiger partial charge < -0.3 is 11.1 Å². The van der Waals surface area contributed by atoms with Crippen molar-refractivity contribution in [3.8, 4) is 0 Å². The molecule has 0 radical (unpaired) electrons. The molecular formula is C34H48F2N6O. The van der Waals surface area contributed by atoms with Crippen LogP contribution in [0.25, 0.3) is 0 Å². The van der Waals surface area contributed by atoms with Gasteiger partial charge in [-0.05, 0) is 81.6 Å². The number of rotatable bonds is 13. The Morgan fingerprint density at radius 3 is 2.72 bits per heavy atom. The minimum Gasteiger partial charge on any atom is -0.349 e. The maximum atomic E-state index is 13.7. The van der Waals surface area contributed by atoms with Crippen LogP contribution in [0.15, 0.2) is 53.7 Å². The van der Waals surface area contributed by atoms with Crippen LogP contribution in [0.4, 0.5) is 8.78 Å². The van der Waals surface area contributed by atoms with Gasteiger partial charge >= 0.3 is 0 Å². The molecule has 9 heteroatoms. The molecule has 7 nitrogen and oxygen atoms in total. The van der Waals surface area contributed by atoms with Crippen LogP contribution in [0.2, 0.25) is 0 Å². The lowest BCUT2D eigenvalue weighted by Crippen LogP contribution is -2.45. The number of aryl methyl sites for hydroxylation is 1. The minimum atomic E-state index is -2.64. The molecule has 1 fully saturated rings. The summed E-state index contributed by atoms with van der Waals surface area (Å²) in [5.74, 6) is -3.08. The summed E-state index contributed by atoms with van der Waals surface area (Å²) in [5, 5.41) is 3.23. The normalized spacial score (nSPS) is 21.7. The summed E-state index contributed by atoms with van der Waals surface area (Å²) in [5.41, 5.74) is 10.7. The molecule has 234 valence electrons. The number of pyridine rings is 1. The van der Waals surface area contributed by atoms with Gasteiger partial charge in [0.1, 0.15) is 0 Å². The number of unbranched alkanes of at least 4 members (excludes halogenated alkanes) is 1. The van der Waals surface area contributed by atoms with Crippen LogP contribution >= 0.6 is 0 Å². The molecular weight excluding hydrogens is 546 g/mol. The van der Waals surface area contributed by atoms with Gasteiger partial charge in [0.2, 0.25) is 11.8 Å². The summed E-state index contributed by atoms with van der Waals surface area (Å²) in [4.78, 5) is 27.9. The van der Waals surface area contributed by atoms with Crippen LogP contribution in [-0.2, 0) is 11.2 Å². The number of carbonyl (C=O) groups excluding carboxylic acids is 1. The lowest BCUT2D eigenvalue weighted by atomic mass is 9.86. The second kappa shape index (κ2) is 15.3. The maximum Gasteiger partial charge on any atom is 0.248 e. The second-order valence-electron chi connectivity index (χ2n) is 12.5. The van der Waals surface area contributed by atoms with Gasteiger partial charge in [0.15, 0.2) is 0 Å². The van der Waals surface area contributed by atoms with Crippen LogP contribution in [0.5, 0.6) is 0 Å². The fourth-order valence-corrected chi connectivity index (χ4v) is 6.92. The Morgan fingerprint density at radius 2 is 1.93 bits per heavy atom. The quantitative estimate of drug-likeness (QED) is 0.306. The number of hydrogen-bond acceptors (Lipinski definition) is 6. The summed E-state index contributed by atoms with van der Waals surface area (Å²) in [7, 11) is 0. The summed E-state index contributed by atoms with van der Waals surface area (Å²) in [6.07, 6.45) is 8.20. The predicted octanol–water partition coefficient (Wildman–Crippen LogP) is 5.33. The van der Waals surface area contributed by atoms with Crippen LogP contribution in [-0.4, -0.2) is 78.1 Å². The van der Waals surface area contributed by atoms with E-state index in [0.29, 0.717) is 12.6 Å². The van der Waals surface area contributed by atoms with Crippen LogP contribution in [0.3, 0.4) is 0 Å². The topological polar surface area (TPSA) is 86.9 Å². The summed E-state index contributed by atoms with van der Waals surface area (Å²) < 4.78 is 27.4. The van der Waals surface area contributed by atoms with E-state index in [1.54, 1.807) is 0 Å². The molecule has 0 spiro atoms. The first-order chi connectivity index (χ1) is 20.9. The van der Waals surface area contributed by atoms with E-state index in [4.69, 9.17) is 15.7 Å². The van der Waals surface area contributed by atoms with Crippen molar-refractivity contribution in [1.29, 1.82) is 0 Å². The highest BCUT2D eigenvalue weighted by molar-refractivity contribution is 5.88. The molecule has 1 amide bonds. The van der Waals surface area contributed by atoms with Gasteiger partial charge in [-0.2, -0.15) is 0 Å². The molecule has 2 aliphatic carbocycles. The number of nitrogens with one attached hydrogen (secondary N) is 1. The fraction of sp³-hybridized carbons (Fsp3) is 0.618. The summed E-state index contributed by atoms with van der Waals surface area (Å²) in [6, 6.07) is 14.4. The maximum absolute atomic E-state index is 13.7. The van der Waals surface area contributed by atoms with Crippen molar-refractivity contribution in [1.82, 2.24) is 20.1 Å². The van der Waals surface area contributed by atoms with Crippen LogP contribution in [0, 0.1) is 5.92 Å². The van der Waals surface area contributed by atoms with E-state index < -0.39 is 5.92 Å². The predicted molar refractivity (Wildman–Crippen MR) is 167 cm³/mol. The number of nitrogens with zero attached hydrogens (tertiary/aromatic N) is 4. The zero-order valence-corrected chi connectivity index (χ0v) is 25.4. The van der Waals surface area contributed by atoms with Crippen molar-refractivity contribution in [3.05, 3.63) is 65.5 Å². The number of alkyl halides is 2. The molecule has 3 aliphatic rings. The Hall–Kier alpha value is -2.75.